The molecule has 1 unspecified atom stereocenters. The number of halogens is 1. The van der Waals surface area contributed by atoms with Crippen LogP contribution in [-0.2, 0) is 0 Å². The molecule has 0 spiro atoms. The highest BCUT2D eigenvalue weighted by molar-refractivity contribution is 5.96. The molecule has 0 N–H and O–H groups in total. The molecule has 13 heavy (non-hydrogen) atoms. The van der Waals surface area contributed by atoms with E-state index in [0.717, 1.165) is 0 Å². The summed E-state index contributed by atoms with van der Waals surface area (Å²) < 4.78 is 12.8. The van der Waals surface area contributed by atoms with E-state index >= 15 is 0 Å². The minimum Gasteiger partial charge on any atom is -0.294 e. The van der Waals surface area contributed by atoms with Crippen molar-refractivity contribution in [3.8, 4) is 0 Å². The van der Waals surface area contributed by atoms with Crippen LogP contribution in [0.4, 0.5) is 4.39 Å². The van der Waals surface area contributed by atoms with Crippen molar-refractivity contribution in [2.75, 3.05) is 0 Å². The van der Waals surface area contributed by atoms with E-state index < -0.39 is 6.17 Å². The number of benzene rings is 1. The average molecular weight is 180 g/mol. The number of hydrogen-bond donors (Lipinski definition) is 0. The van der Waals surface area contributed by atoms with Crippen LogP contribution < -0.4 is 0 Å². The SMILES string of the molecule is CCC(F)CC(=O)c1ccccc1. The molecule has 70 valence electrons. The molecule has 2 heteroatoms. The largest absolute Gasteiger partial charge is 0.294 e. The van der Waals surface area contributed by atoms with Gasteiger partial charge >= 0.3 is 0 Å². The Morgan fingerprint density at radius 2 is 2.00 bits per heavy atom. The standard InChI is InChI=1S/C11H13FO/c1-2-10(12)8-11(13)9-6-4-3-5-7-9/h3-7,10H,2,8H2,1H3. The number of ketones is 1. The lowest BCUT2D eigenvalue weighted by Gasteiger charge is -2.03. The Morgan fingerprint density at radius 3 is 2.54 bits per heavy atom. The second-order valence-electron chi connectivity index (χ2n) is 3.00. The van der Waals surface area contributed by atoms with Crippen molar-refractivity contribution in [3.63, 3.8) is 0 Å². The predicted molar refractivity (Wildman–Crippen MR) is 50.6 cm³/mol. The molecule has 0 heterocycles. The molecular weight excluding hydrogens is 167 g/mol. The first-order chi connectivity index (χ1) is 6.24. The highest BCUT2D eigenvalue weighted by atomic mass is 19.1. The van der Waals surface area contributed by atoms with Crippen LogP contribution in [0.1, 0.15) is 30.1 Å². The van der Waals surface area contributed by atoms with Gasteiger partial charge in [0.05, 0.1) is 0 Å². The Labute approximate surface area is 77.6 Å². The lowest BCUT2D eigenvalue weighted by Crippen LogP contribution is -2.08. The van der Waals surface area contributed by atoms with E-state index in [2.05, 4.69) is 0 Å². The maximum absolute atomic E-state index is 12.8. The van der Waals surface area contributed by atoms with Crippen molar-refractivity contribution in [2.24, 2.45) is 0 Å². The molecule has 0 amide bonds. The van der Waals surface area contributed by atoms with E-state index in [9.17, 15) is 9.18 Å². The molecule has 0 bridgehead atoms. The first kappa shape index (κ1) is 9.90. The topological polar surface area (TPSA) is 17.1 Å². The zero-order chi connectivity index (χ0) is 9.68. The lowest BCUT2D eigenvalue weighted by molar-refractivity contribution is 0.0945. The molecule has 1 aromatic rings. The first-order valence-corrected chi connectivity index (χ1v) is 4.46. The van der Waals surface area contributed by atoms with Crippen LogP contribution >= 0.6 is 0 Å². The van der Waals surface area contributed by atoms with Gasteiger partial charge in [0.15, 0.2) is 5.78 Å². The molecular formula is C11H13FO. The third kappa shape index (κ3) is 2.98. The smallest absolute Gasteiger partial charge is 0.165 e. The van der Waals surface area contributed by atoms with E-state index in [1.807, 2.05) is 6.07 Å². The van der Waals surface area contributed by atoms with Gasteiger partial charge in [-0.3, -0.25) is 4.79 Å². The van der Waals surface area contributed by atoms with Crippen molar-refractivity contribution >= 4 is 5.78 Å². The van der Waals surface area contributed by atoms with E-state index in [1.165, 1.54) is 0 Å². The van der Waals surface area contributed by atoms with Crippen LogP contribution in [0.25, 0.3) is 0 Å². The fourth-order valence-electron chi connectivity index (χ4n) is 1.09. The van der Waals surface area contributed by atoms with Crippen molar-refractivity contribution < 1.29 is 9.18 Å². The fraction of sp³-hybridized carbons (Fsp3) is 0.364. The molecule has 0 saturated carbocycles. The second-order valence-corrected chi connectivity index (χ2v) is 3.00. The Hall–Kier alpha value is -1.18. The minimum absolute atomic E-state index is 0.000509. The molecule has 0 aliphatic carbocycles. The number of Topliss-reactive ketones (excluding diaryl/α,β-unsaturated/α-hetero) is 1. The normalized spacial score (nSPS) is 12.5. The summed E-state index contributed by atoms with van der Waals surface area (Å²) in [6.07, 6.45) is -0.605. The fourth-order valence-corrected chi connectivity index (χ4v) is 1.09. The molecule has 0 aromatic heterocycles. The number of rotatable bonds is 4. The van der Waals surface area contributed by atoms with Crippen LogP contribution in [0.2, 0.25) is 0 Å². The van der Waals surface area contributed by atoms with E-state index in [1.54, 1.807) is 31.2 Å². The monoisotopic (exact) mass is 180 g/mol. The van der Waals surface area contributed by atoms with Crippen LogP contribution in [0.3, 0.4) is 0 Å². The highest BCUT2D eigenvalue weighted by Gasteiger charge is 2.11. The molecule has 1 rings (SSSR count). The maximum atomic E-state index is 12.8. The molecule has 1 nitrogen and oxygen atoms in total. The third-order valence-corrected chi connectivity index (χ3v) is 1.95. The number of alkyl halides is 1. The van der Waals surface area contributed by atoms with Gasteiger partial charge in [-0.15, -0.1) is 0 Å². The molecule has 0 aliphatic heterocycles. The first-order valence-electron chi connectivity index (χ1n) is 4.46. The zero-order valence-corrected chi connectivity index (χ0v) is 7.66. The Morgan fingerprint density at radius 1 is 1.38 bits per heavy atom. The summed E-state index contributed by atoms with van der Waals surface area (Å²) in [5.41, 5.74) is 0.596. The molecule has 0 fully saturated rings. The number of carbonyl (C=O) groups is 1. The van der Waals surface area contributed by atoms with E-state index in [4.69, 9.17) is 0 Å². The minimum atomic E-state index is -1.01. The Bertz CT molecular complexity index is 269. The van der Waals surface area contributed by atoms with Gasteiger partial charge in [0.2, 0.25) is 0 Å². The van der Waals surface area contributed by atoms with Gasteiger partial charge in [0.25, 0.3) is 0 Å². The highest BCUT2D eigenvalue weighted by Crippen LogP contribution is 2.09. The molecule has 0 aliphatic rings. The summed E-state index contributed by atoms with van der Waals surface area (Å²) in [7, 11) is 0. The van der Waals surface area contributed by atoms with Crippen molar-refractivity contribution in [1.82, 2.24) is 0 Å². The molecule has 0 saturated heterocycles. The quantitative estimate of drug-likeness (QED) is 0.651. The van der Waals surface area contributed by atoms with Crippen molar-refractivity contribution in [1.29, 1.82) is 0 Å². The van der Waals surface area contributed by atoms with Crippen LogP contribution in [-0.4, -0.2) is 12.0 Å². The predicted octanol–water partition coefficient (Wildman–Crippen LogP) is 3.01. The second kappa shape index (κ2) is 4.75. The Kier molecular flexibility index (Phi) is 3.62. The summed E-state index contributed by atoms with van der Waals surface area (Å²) >= 11 is 0. The van der Waals surface area contributed by atoms with Gasteiger partial charge in [-0.1, -0.05) is 37.3 Å². The molecule has 0 radical (unpaired) electrons. The van der Waals surface area contributed by atoms with Crippen LogP contribution in [0.15, 0.2) is 30.3 Å². The van der Waals surface area contributed by atoms with Gasteiger partial charge < -0.3 is 0 Å². The van der Waals surface area contributed by atoms with E-state index in [-0.39, 0.29) is 12.2 Å². The van der Waals surface area contributed by atoms with Crippen LogP contribution in [0.5, 0.6) is 0 Å². The zero-order valence-electron chi connectivity index (χ0n) is 7.66. The van der Waals surface area contributed by atoms with Gasteiger partial charge in [0, 0.05) is 12.0 Å². The van der Waals surface area contributed by atoms with Gasteiger partial charge in [-0.05, 0) is 6.42 Å². The summed E-state index contributed by atoms with van der Waals surface area (Å²) in [4.78, 5) is 11.4. The van der Waals surface area contributed by atoms with Gasteiger partial charge in [-0.2, -0.15) is 0 Å². The van der Waals surface area contributed by atoms with E-state index in [0.29, 0.717) is 12.0 Å². The lowest BCUT2D eigenvalue weighted by atomic mass is 10.1. The third-order valence-electron chi connectivity index (χ3n) is 1.95. The van der Waals surface area contributed by atoms with Gasteiger partial charge in [-0.25, -0.2) is 4.39 Å². The number of hydrogen-bond acceptors (Lipinski definition) is 1. The summed E-state index contributed by atoms with van der Waals surface area (Å²) in [5.74, 6) is -0.116. The van der Waals surface area contributed by atoms with Crippen molar-refractivity contribution in [3.05, 3.63) is 35.9 Å². The van der Waals surface area contributed by atoms with Crippen LogP contribution in [0, 0.1) is 0 Å². The molecule has 1 atom stereocenters. The Balaban J connectivity index is 2.59. The maximum Gasteiger partial charge on any atom is 0.165 e. The average Bonchev–Trinajstić information content (AvgIpc) is 2.19. The summed E-state index contributed by atoms with van der Waals surface area (Å²) in [6.45, 7) is 1.74. The molecule has 1 aromatic carbocycles. The summed E-state index contributed by atoms with van der Waals surface area (Å²) in [5, 5.41) is 0. The summed E-state index contributed by atoms with van der Waals surface area (Å²) in [6, 6.07) is 8.83. The van der Waals surface area contributed by atoms with Crippen molar-refractivity contribution in [2.45, 2.75) is 25.9 Å². The van der Waals surface area contributed by atoms with Gasteiger partial charge in [0.1, 0.15) is 6.17 Å². The number of carbonyl (C=O) groups excluding carboxylic acids is 1.